The van der Waals surface area contributed by atoms with Gasteiger partial charge in [0.05, 0.1) is 6.54 Å². The molecule has 0 saturated carbocycles. The van der Waals surface area contributed by atoms with Crippen molar-refractivity contribution < 1.29 is 9.15 Å². The Morgan fingerprint density at radius 3 is 2.71 bits per heavy atom. The topological polar surface area (TPSA) is 84.3 Å². The molecule has 24 heavy (non-hydrogen) atoms. The minimum Gasteiger partial charge on any atom is -0.480 e. The summed E-state index contributed by atoms with van der Waals surface area (Å²) in [6.45, 7) is 2.49. The number of aromatic nitrogens is 3. The normalized spacial score (nSPS) is 13.8. The highest BCUT2D eigenvalue weighted by Gasteiger charge is 2.19. The zero-order valence-corrected chi connectivity index (χ0v) is 12.9. The van der Waals surface area contributed by atoms with Crippen LogP contribution in [-0.4, -0.2) is 20.3 Å². The summed E-state index contributed by atoms with van der Waals surface area (Å²) in [6.07, 6.45) is 2.97. The summed E-state index contributed by atoms with van der Waals surface area (Å²) in [5, 5.41) is 9.97. The van der Waals surface area contributed by atoms with E-state index in [1.165, 1.54) is 23.5 Å². The van der Waals surface area contributed by atoms with Gasteiger partial charge in [-0.1, -0.05) is 29.5 Å². The number of hydrogen-bond acceptors (Lipinski definition) is 6. The van der Waals surface area contributed by atoms with Gasteiger partial charge in [0, 0.05) is 25.4 Å². The van der Waals surface area contributed by atoms with Crippen molar-refractivity contribution in [2.24, 2.45) is 0 Å². The molecule has 1 aliphatic heterocycles. The predicted octanol–water partition coefficient (Wildman–Crippen LogP) is 1.85. The van der Waals surface area contributed by atoms with E-state index in [1.54, 1.807) is 6.20 Å². The van der Waals surface area contributed by atoms with E-state index < -0.39 is 0 Å². The molecule has 0 aliphatic carbocycles. The fraction of sp³-hybridized carbons (Fsp3) is 0.235. The highest BCUT2D eigenvalue weighted by molar-refractivity contribution is 5.30. The molecule has 122 valence electrons. The number of nitrogens with zero attached hydrogens (tertiary/aromatic N) is 3. The number of nitrogens with one attached hydrogen (secondary N) is 1. The molecule has 1 aliphatic rings. The van der Waals surface area contributed by atoms with Gasteiger partial charge >= 0.3 is 0 Å². The number of ether oxygens (including phenoxy) is 1. The van der Waals surface area contributed by atoms with E-state index in [0.29, 0.717) is 18.0 Å². The lowest BCUT2D eigenvalue weighted by Gasteiger charge is -2.13. The van der Waals surface area contributed by atoms with E-state index in [-0.39, 0.29) is 17.8 Å². The third-order valence-electron chi connectivity index (χ3n) is 3.98. The van der Waals surface area contributed by atoms with Crippen molar-refractivity contribution in [1.82, 2.24) is 20.3 Å². The minimum absolute atomic E-state index is 0.169. The summed E-state index contributed by atoms with van der Waals surface area (Å²) in [7, 11) is 0. The first-order chi connectivity index (χ1) is 11.8. The molecule has 7 nitrogen and oxygen atoms in total. The molecule has 0 atom stereocenters. The van der Waals surface area contributed by atoms with Crippen molar-refractivity contribution in [2.45, 2.75) is 26.2 Å². The summed E-state index contributed by atoms with van der Waals surface area (Å²) in [5.74, 6) is 0.799. The Kier molecular flexibility index (Phi) is 3.84. The van der Waals surface area contributed by atoms with E-state index in [1.807, 2.05) is 12.1 Å². The van der Waals surface area contributed by atoms with Gasteiger partial charge in [-0.2, -0.15) is 0 Å². The first-order valence-electron chi connectivity index (χ1n) is 7.67. The molecule has 7 heteroatoms. The molecule has 0 bridgehead atoms. The number of H-pyrrole nitrogens is 1. The van der Waals surface area contributed by atoms with Gasteiger partial charge in [-0.25, -0.2) is 0 Å². The lowest BCUT2D eigenvalue weighted by Crippen LogP contribution is -2.17. The fourth-order valence-corrected chi connectivity index (χ4v) is 2.81. The van der Waals surface area contributed by atoms with Gasteiger partial charge in [0.1, 0.15) is 24.3 Å². The number of fused-ring (bicyclic) bond motifs is 1. The van der Waals surface area contributed by atoms with Crippen molar-refractivity contribution >= 4 is 0 Å². The number of benzene rings is 1. The molecule has 0 radical (unpaired) electrons. The molecule has 0 amide bonds. The maximum absolute atomic E-state index is 12.1. The molecule has 1 N–H and O–H groups in total. The van der Waals surface area contributed by atoms with E-state index in [2.05, 4.69) is 32.4 Å². The monoisotopic (exact) mass is 324 g/mol. The molecule has 4 rings (SSSR count). The van der Waals surface area contributed by atoms with E-state index in [9.17, 15) is 4.79 Å². The molecule has 3 aromatic rings. The Bertz CT molecular complexity index is 864. The van der Waals surface area contributed by atoms with Gasteiger partial charge in [0.25, 0.3) is 0 Å². The van der Waals surface area contributed by atoms with Crippen molar-refractivity contribution in [3.63, 3.8) is 0 Å². The quantitative estimate of drug-likeness (QED) is 0.771. The first kappa shape index (κ1) is 14.6. The van der Waals surface area contributed by atoms with Crippen molar-refractivity contribution in [3.05, 3.63) is 75.6 Å². The summed E-state index contributed by atoms with van der Waals surface area (Å²) in [6, 6.07) is 9.84. The standard InChI is InChI=1S/C17H16N4O3/c22-16-5-15(9-21-7-12-3-1-2-4-13(12)8-21)23-11-17(16)24-10-14-6-18-20-19-14/h1-6,11H,7-10H2,(H,18,19,20). The molecule has 0 fully saturated rings. The van der Waals surface area contributed by atoms with Crippen molar-refractivity contribution in [3.8, 4) is 5.75 Å². The summed E-state index contributed by atoms with van der Waals surface area (Å²) in [4.78, 5) is 14.4. The second-order valence-electron chi connectivity index (χ2n) is 5.74. The minimum atomic E-state index is -0.198. The van der Waals surface area contributed by atoms with Crippen LogP contribution >= 0.6 is 0 Å². The van der Waals surface area contributed by atoms with Gasteiger partial charge < -0.3 is 9.15 Å². The van der Waals surface area contributed by atoms with Crippen LogP contribution in [0.25, 0.3) is 0 Å². The second-order valence-corrected chi connectivity index (χ2v) is 5.74. The predicted molar refractivity (Wildman–Crippen MR) is 85.1 cm³/mol. The lowest BCUT2D eigenvalue weighted by atomic mass is 10.1. The number of rotatable bonds is 5. The number of hydrogen-bond donors (Lipinski definition) is 1. The fourth-order valence-electron chi connectivity index (χ4n) is 2.81. The summed E-state index contributed by atoms with van der Waals surface area (Å²) < 4.78 is 11.0. The first-order valence-corrected chi connectivity index (χ1v) is 7.67. The smallest absolute Gasteiger partial charge is 0.227 e. The molecule has 1 aromatic carbocycles. The highest BCUT2D eigenvalue weighted by atomic mass is 16.5. The van der Waals surface area contributed by atoms with Gasteiger partial charge in [-0.15, -0.1) is 5.10 Å². The Labute approximate surface area is 137 Å². The van der Waals surface area contributed by atoms with Crippen LogP contribution in [-0.2, 0) is 26.2 Å². The third-order valence-corrected chi connectivity index (χ3v) is 3.98. The second kappa shape index (κ2) is 6.29. The summed E-state index contributed by atoms with van der Waals surface area (Å²) in [5.41, 5.74) is 3.07. The molecule has 0 spiro atoms. The maximum atomic E-state index is 12.1. The van der Waals surface area contributed by atoms with Crippen LogP contribution in [0, 0.1) is 0 Å². The summed E-state index contributed by atoms with van der Waals surface area (Å²) >= 11 is 0. The average molecular weight is 324 g/mol. The van der Waals surface area contributed by atoms with Gasteiger partial charge in [0.15, 0.2) is 0 Å². The molecule has 0 saturated heterocycles. The van der Waals surface area contributed by atoms with Crippen LogP contribution in [0.4, 0.5) is 0 Å². The molecular weight excluding hydrogens is 308 g/mol. The van der Waals surface area contributed by atoms with E-state index >= 15 is 0 Å². The Morgan fingerprint density at radius 1 is 1.25 bits per heavy atom. The van der Waals surface area contributed by atoms with E-state index in [4.69, 9.17) is 9.15 Å². The molecular formula is C17H16N4O3. The van der Waals surface area contributed by atoms with E-state index in [0.717, 1.165) is 13.1 Å². The molecule has 2 aromatic heterocycles. The van der Waals surface area contributed by atoms with Crippen molar-refractivity contribution in [2.75, 3.05) is 0 Å². The van der Waals surface area contributed by atoms with Gasteiger partial charge in [-0.3, -0.25) is 14.8 Å². The van der Waals surface area contributed by atoms with Crippen LogP contribution in [0.3, 0.4) is 0 Å². The molecule has 3 heterocycles. The zero-order valence-electron chi connectivity index (χ0n) is 12.9. The SMILES string of the molecule is O=c1cc(CN2Cc3ccccc3C2)occ1OCc1c[nH]nn1. The average Bonchev–Trinajstić information content (AvgIpc) is 3.22. The Balaban J connectivity index is 1.40. The number of aromatic amines is 1. The van der Waals surface area contributed by atoms with Crippen LogP contribution in [0.1, 0.15) is 22.6 Å². The third kappa shape index (κ3) is 3.07. The zero-order chi connectivity index (χ0) is 16.4. The molecule has 0 unspecified atom stereocenters. The van der Waals surface area contributed by atoms with Crippen LogP contribution in [0.2, 0.25) is 0 Å². The van der Waals surface area contributed by atoms with Gasteiger partial charge in [0.2, 0.25) is 11.2 Å². The maximum Gasteiger partial charge on any atom is 0.227 e. The highest BCUT2D eigenvalue weighted by Crippen LogP contribution is 2.23. The Hall–Kier alpha value is -2.93. The largest absolute Gasteiger partial charge is 0.480 e. The van der Waals surface area contributed by atoms with Crippen molar-refractivity contribution in [1.29, 1.82) is 0 Å². The lowest BCUT2D eigenvalue weighted by molar-refractivity contribution is 0.241. The van der Waals surface area contributed by atoms with Crippen LogP contribution in [0.15, 0.2) is 52.0 Å². The van der Waals surface area contributed by atoms with Crippen LogP contribution in [0.5, 0.6) is 5.75 Å². The van der Waals surface area contributed by atoms with Gasteiger partial charge in [-0.05, 0) is 11.1 Å². The Morgan fingerprint density at radius 2 is 2.04 bits per heavy atom. The van der Waals surface area contributed by atoms with Crippen LogP contribution < -0.4 is 10.2 Å².